The molecule has 114 valence electrons. The molecule has 1 unspecified atom stereocenters. The molecule has 0 aromatic heterocycles. The van der Waals surface area contributed by atoms with Crippen LogP contribution in [0.4, 0.5) is 5.69 Å². The molecule has 2 amide bonds. The summed E-state index contributed by atoms with van der Waals surface area (Å²) in [6.07, 6.45) is -0.656. The van der Waals surface area contributed by atoms with Crippen LogP contribution < -0.4 is 15.8 Å². The van der Waals surface area contributed by atoms with Gasteiger partial charge in [0, 0.05) is 15.7 Å². The maximum Gasteiger partial charge on any atom is 0.265 e. The number of nitrogens with one attached hydrogen (secondary N) is 1. The Morgan fingerprint density at radius 3 is 2.23 bits per heavy atom. The summed E-state index contributed by atoms with van der Waals surface area (Å²) in [6, 6.07) is 13.6. The molecule has 0 saturated heterocycles. The summed E-state index contributed by atoms with van der Waals surface area (Å²) in [5.41, 5.74) is 6.12. The van der Waals surface area contributed by atoms with Crippen molar-refractivity contribution in [1.29, 1.82) is 0 Å². The third kappa shape index (κ3) is 4.33. The third-order valence-electron chi connectivity index (χ3n) is 2.93. The van der Waals surface area contributed by atoms with Crippen LogP contribution in [-0.2, 0) is 4.79 Å². The van der Waals surface area contributed by atoms with E-state index in [0.29, 0.717) is 17.0 Å². The van der Waals surface area contributed by atoms with Gasteiger partial charge in [0.2, 0.25) is 5.91 Å². The summed E-state index contributed by atoms with van der Waals surface area (Å²) < 4.78 is 6.49. The van der Waals surface area contributed by atoms with Crippen molar-refractivity contribution in [2.24, 2.45) is 5.73 Å². The molecule has 2 aromatic carbocycles. The molecule has 6 heteroatoms. The highest BCUT2D eigenvalue weighted by atomic mass is 79.9. The maximum absolute atomic E-state index is 12.1. The SMILES string of the molecule is CC(Oc1ccc(Br)cc1)C(=O)Nc1ccc(C(N)=O)cc1. The fraction of sp³-hybridized carbons (Fsp3) is 0.125. The van der Waals surface area contributed by atoms with Crippen molar-refractivity contribution in [2.45, 2.75) is 13.0 Å². The van der Waals surface area contributed by atoms with Crippen molar-refractivity contribution >= 4 is 33.4 Å². The second-order valence-electron chi connectivity index (χ2n) is 4.64. The van der Waals surface area contributed by atoms with Crippen LogP contribution in [0, 0.1) is 0 Å². The van der Waals surface area contributed by atoms with E-state index >= 15 is 0 Å². The second-order valence-corrected chi connectivity index (χ2v) is 5.56. The first-order chi connectivity index (χ1) is 10.5. The first-order valence-corrected chi connectivity index (χ1v) is 7.38. The van der Waals surface area contributed by atoms with Gasteiger partial charge in [-0.25, -0.2) is 0 Å². The average Bonchev–Trinajstić information content (AvgIpc) is 2.50. The number of rotatable bonds is 5. The Kier molecular flexibility index (Phi) is 5.16. The number of amides is 2. The molecule has 2 rings (SSSR count). The molecule has 0 heterocycles. The van der Waals surface area contributed by atoms with E-state index in [1.54, 1.807) is 43.3 Å². The van der Waals surface area contributed by atoms with E-state index in [0.717, 1.165) is 4.47 Å². The molecule has 0 radical (unpaired) electrons. The molecule has 2 aromatic rings. The monoisotopic (exact) mass is 362 g/mol. The number of nitrogens with two attached hydrogens (primary N) is 1. The number of hydrogen-bond acceptors (Lipinski definition) is 3. The summed E-state index contributed by atoms with van der Waals surface area (Å²) in [7, 11) is 0. The van der Waals surface area contributed by atoms with Gasteiger partial charge in [-0.2, -0.15) is 0 Å². The van der Waals surface area contributed by atoms with E-state index < -0.39 is 12.0 Å². The lowest BCUT2D eigenvalue weighted by Crippen LogP contribution is -2.30. The minimum absolute atomic E-state index is 0.283. The number of halogens is 1. The normalized spacial score (nSPS) is 11.5. The van der Waals surface area contributed by atoms with Gasteiger partial charge in [-0.1, -0.05) is 15.9 Å². The lowest BCUT2D eigenvalue weighted by Gasteiger charge is -2.15. The lowest BCUT2D eigenvalue weighted by atomic mass is 10.2. The Bertz CT molecular complexity index is 669. The number of benzene rings is 2. The first-order valence-electron chi connectivity index (χ1n) is 6.58. The minimum atomic E-state index is -0.656. The van der Waals surface area contributed by atoms with Crippen molar-refractivity contribution in [2.75, 3.05) is 5.32 Å². The van der Waals surface area contributed by atoms with Crippen LogP contribution >= 0.6 is 15.9 Å². The van der Waals surface area contributed by atoms with Gasteiger partial charge in [-0.3, -0.25) is 9.59 Å². The minimum Gasteiger partial charge on any atom is -0.481 e. The van der Waals surface area contributed by atoms with Crippen LogP contribution in [0.3, 0.4) is 0 Å². The Balaban J connectivity index is 1.95. The van der Waals surface area contributed by atoms with Gasteiger partial charge in [0.25, 0.3) is 5.91 Å². The zero-order valence-corrected chi connectivity index (χ0v) is 13.5. The largest absolute Gasteiger partial charge is 0.481 e. The van der Waals surface area contributed by atoms with E-state index in [1.165, 1.54) is 0 Å². The van der Waals surface area contributed by atoms with Crippen LogP contribution in [0.1, 0.15) is 17.3 Å². The predicted octanol–water partition coefficient (Wildman–Crippen LogP) is 2.95. The van der Waals surface area contributed by atoms with Crippen molar-refractivity contribution in [3.63, 3.8) is 0 Å². The zero-order chi connectivity index (χ0) is 16.1. The number of carbonyl (C=O) groups excluding carboxylic acids is 2. The van der Waals surface area contributed by atoms with Gasteiger partial charge in [-0.15, -0.1) is 0 Å². The molecular weight excluding hydrogens is 348 g/mol. The highest BCUT2D eigenvalue weighted by Gasteiger charge is 2.15. The molecule has 22 heavy (non-hydrogen) atoms. The van der Waals surface area contributed by atoms with Crippen LogP contribution in [0.25, 0.3) is 0 Å². The molecule has 0 spiro atoms. The molecule has 0 aliphatic heterocycles. The fourth-order valence-corrected chi connectivity index (χ4v) is 2.00. The Hall–Kier alpha value is -2.34. The highest BCUT2D eigenvalue weighted by Crippen LogP contribution is 2.18. The molecule has 0 bridgehead atoms. The fourth-order valence-electron chi connectivity index (χ4n) is 1.73. The van der Waals surface area contributed by atoms with Crippen molar-refractivity contribution < 1.29 is 14.3 Å². The van der Waals surface area contributed by atoms with Crippen LogP contribution in [0.15, 0.2) is 53.0 Å². The maximum atomic E-state index is 12.1. The van der Waals surface area contributed by atoms with Gasteiger partial charge in [0.15, 0.2) is 6.10 Å². The van der Waals surface area contributed by atoms with Crippen molar-refractivity contribution in [3.05, 3.63) is 58.6 Å². The molecule has 0 aliphatic rings. The quantitative estimate of drug-likeness (QED) is 0.857. The summed E-state index contributed by atoms with van der Waals surface area (Å²) in [6.45, 7) is 1.66. The third-order valence-corrected chi connectivity index (χ3v) is 3.46. The average molecular weight is 363 g/mol. The second kappa shape index (κ2) is 7.09. The van der Waals surface area contributed by atoms with Crippen LogP contribution in [-0.4, -0.2) is 17.9 Å². The molecule has 1 atom stereocenters. The summed E-state index contributed by atoms with van der Waals surface area (Å²) in [5, 5.41) is 2.71. The summed E-state index contributed by atoms with van der Waals surface area (Å²) >= 11 is 3.33. The van der Waals surface area contributed by atoms with E-state index in [-0.39, 0.29) is 5.91 Å². The van der Waals surface area contributed by atoms with Crippen molar-refractivity contribution in [3.8, 4) is 5.75 Å². The topological polar surface area (TPSA) is 81.4 Å². The van der Waals surface area contributed by atoms with Gasteiger partial charge >= 0.3 is 0 Å². The molecular formula is C16H15BrN2O3. The summed E-state index contributed by atoms with van der Waals surface area (Å²) in [5.74, 6) is -0.186. The molecule has 5 nitrogen and oxygen atoms in total. The molecule has 3 N–H and O–H groups in total. The molecule has 0 saturated carbocycles. The first kappa shape index (κ1) is 16.0. The van der Waals surface area contributed by atoms with Gasteiger partial charge in [0.1, 0.15) is 5.75 Å². The lowest BCUT2D eigenvalue weighted by molar-refractivity contribution is -0.122. The van der Waals surface area contributed by atoms with E-state index in [1.807, 2.05) is 12.1 Å². The molecule has 0 aliphatic carbocycles. The van der Waals surface area contributed by atoms with Crippen molar-refractivity contribution in [1.82, 2.24) is 0 Å². The number of carbonyl (C=O) groups is 2. The predicted molar refractivity (Wildman–Crippen MR) is 87.8 cm³/mol. The Labute approximate surface area is 136 Å². The van der Waals surface area contributed by atoms with Crippen LogP contribution in [0.2, 0.25) is 0 Å². The van der Waals surface area contributed by atoms with Gasteiger partial charge in [-0.05, 0) is 55.5 Å². The van der Waals surface area contributed by atoms with Gasteiger partial charge < -0.3 is 15.8 Å². The smallest absolute Gasteiger partial charge is 0.265 e. The number of anilines is 1. The number of hydrogen-bond donors (Lipinski definition) is 2. The zero-order valence-electron chi connectivity index (χ0n) is 11.9. The van der Waals surface area contributed by atoms with E-state index in [4.69, 9.17) is 10.5 Å². The number of primary amides is 1. The number of ether oxygens (including phenoxy) is 1. The molecule has 0 fully saturated rings. The van der Waals surface area contributed by atoms with Crippen LogP contribution in [0.5, 0.6) is 5.75 Å². The standard InChI is InChI=1S/C16H15BrN2O3/c1-10(22-14-8-4-12(17)5-9-14)16(21)19-13-6-2-11(3-7-13)15(18)20/h2-10H,1H3,(H2,18,20)(H,19,21). The highest BCUT2D eigenvalue weighted by molar-refractivity contribution is 9.10. The Morgan fingerprint density at radius 2 is 1.68 bits per heavy atom. The van der Waals surface area contributed by atoms with Gasteiger partial charge in [0.05, 0.1) is 0 Å². The van der Waals surface area contributed by atoms with E-state index in [9.17, 15) is 9.59 Å². The Morgan fingerprint density at radius 1 is 1.09 bits per heavy atom. The van der Waals surface area contributed by atoms with E-state index in [2.05, 4.69) is 21.2 Å². The summed E-state index contributed by atoms with van der Waals surface area (Å²) in [4.78, 5) is 23.0.